The Balaban J connectivity index is 2.12. The van der Waals surface area contributed by atoms with Gasteiger partial charge in [0.1, 0.15) is 5.82 Å². The fourth-order valence-electron chi connectivity index (χ4n) is 2.23. The predicted molar refractivity (Wildman–Crippen MR) is 69.6 cm³/mol. The van der Waals surface area contributed by atoms with E-state index in [1.165, 1.54) is 6.07 Å². The molecule has 0 spiro atoms. The Morgan fingerprint density at radius 3 is 3.00 bits per heavy atom. The van der Waals surface area contributed by atoms with Gasteiger partial charge in [0, 0.05) is 16.7 Å². The third-order valence-electron chi connectivity index (χ3n) is 2.96. The second-order valence-corrected chi connectivity index (χ2v) is 4.93. The molecule has 0 amide bonds. The summed E-state index contributed by atoms with van der Waals surface area (Å²) < 4.78 is 14.7. The highest BCUT2D eigenvalue weighted by Gasteiger charge is 2.35. The van der Waals surface area contributed by atoms with Gasteiger partial charge in [-0.3, -0.25) is 9.89 Å². The number of para-hydroxylation sites is 1. The number of guanidine groups is 1. The van der Waals surface area contributed by atoms with Gasteiger partial charge in [0.15, 0.2) is 0 Å². The number of anilines is 1. The summed E-state index contributed by atoms with van der Waals surface area (Å²) in [7, 11) is 0. The first-order valence-electron chi connectivity index (χ1n) is 5.40. The van der Waals surface area contributed by atoms with Gasteiger partial charge >= 0.3 is 0 Å². The quantitative estimate of drug-likeness (QED) is 0.793. The van der Waals surface area contributed by atoms with Gasteiger partial charge in [-0.25, -0.2) is 4.39 Å². The molecule has 0 aliphatic carbocycles. The largest absolute Gasteiger partial charge is 0.335 e. The summed E-state index contributed by atoms with van der Waals surface area (Å²) in [6.45, 7) is 6.37. The van der Waals surface area contributed by atoms with Crippen molar-refractivity contribution in [1.29, 1.82) is 0 Å². The average molecular weight is 296 g/mol. The van der Waals surface area contributed by atoms with E-state index in [2.05, 4.69) is 32.4 Å². The van der Waals surface area contributed by atoms with Gasteiger partial charge in [0.2, 0.25) is 5.96 Å². The molecule has 5 heteroatoms. The first-order chi connectivity index (χ1) is 8.18. The van der Waals surface area contributed by atoms with Gasteiger partial charge in [-0.1, -0.05) is 12.6 Å². The Labute approximate surface area is 107 Å². The van der Waals surface area contributed by atoms with E-state index < -0.39 is 0 Å². The molecule has 17 heavy (non-hydrogen) atoms. The lowest BCUT2D eigenvalue weighted by Gasteiger charge is -2.21. The molecule has 0 N–H and O–H groups in total. The fraction of sp³-hybridized carbons (Fsp3) is 0.250. The van der Waals surface area contributed by atoms with Crippen molar-refractivity contribution in [3.63, 3.8) is 0 Å². The number of hydrogen-bond acceptors (Lipinski definition) is 3. The molecule has 1 saturated heterocycles. The number of hydrogen-bond donors (Lipinski definition) is 0. The highest BCUT2D eigenvalue weighted by Crippen LogP contribution is 2.35. The van der Waals surface area contributed by atoms with Crippen LogP contribution in [0.4, 0.5) is 10.1 Å². The van der Waals surface area contributed by atoms with Crippen LogP contribution in [0.1, 0.15) is 0 Å². The second-order valence-electron chi connectivity index (χ2n) is 4.08. The lowest BCUT2D eigenvalue weighted by molar-refractivity contribution is 0.519. The third-order valence-corrected chi connectivity index (χ3v) is 3.60. The van der Waals surface area contributed by atoms with E-state index in [-0.39, 0.29) is 5.82 Å². The molecule has 1 fully saturated rings. The molecule has 88 valence electrons. The van der Waals surface area contributed by atoms with Crippen molar-refractivity contribution in [2.75, 3.05) is 24.5 Å². The van der Waals surface area contributed by atoms with Crippen molar-refractivity contribution in [3.8, 4) is 0 Å². The molecule has 0 saturated carbocycles. The molecule has 2 aliphatic heterocycles. The summed E-state index contributed by atoms with van der Waals surface area (Å²) >= 11 is 3.39. The van der Waals surface area contributed by atoms with Gasteiger partial charge < -0.3 is 4.90 Å². The van der Waals surface area contributed by atoms with Crippen molar-refractivity contribution in [3.05, 3.63) is 40.8 Å². The molecule has 0 radical (unpaired) electrons. The van der Waals surface area contributed by atoms with Crippen molar-refractivity contribution in [1.82, 2.24) is 4.90 Å². The number of fused-ring (bicyclic) bond motifs is 1. The van der Waals surface area contributed by atoms with E-state index in [0.717, 1.165) is 35.8 Å². The summed E-state index contributed by atoms with van der Waals surface area (Å²) in [5.41, 5.74) is 1.36. The van der Waals surface area contributed by atoms with Gasteiger partial charge in [0.25, 0.3) is 0 Å². The summed E-state index contributed by atoms with van der Waals surface area (Å²) in [4.78, 5) is 8.32. The van der Waals surface area contributed by atoms with Gasteiger partial charge in [-0.05, 0) is 28.1 Å². The minimum absolute atomic E-state index is 0.267. The van der Waals surface area contributed by atoms with Crippen LogP contribution in [0.5, 0.6) is 0 Å². The fourth-order valence-corrected chi connectivity index (χ4v) is 2.75. The predicted octanol–water partition coefficient (Wildman–Crippen LogP) is 2.59. The van der Waals surface area contributed by atoms with Crippen LogP contribution >= 0.6 is 15.9 Å². The maximum atomic E-state index is 13.9. The standard InChI is InChI=1S/C12H11BrFN3/c1-8-7-16-6-5-15-12(16)17(8)11-9(13)3-2-4-10(11)14/h2-4H,1,5-7H2. The molecule has 1 aromatic carbocycles. The molecule has 1 aromatic rings. The van der Waals surface area contributed by atoms with Crippen molar-refractivity contribution in [2.24, 2.45) is 4.99 Å². The lowest BCUT2D eigenvalue weighted by Crippen LogP contribution is -2.30. The zero-order chi connectivity index (χ0) is 12.0. The number of rotatable bonds is 1. The third kappa shape index (κ3) is 1.57. The van der Waals surface area contributed by atoms with Crippen LogP contribution in [0.3, 0.4) is 0 Å². The van der Waals surface area contributed by atoms with E-state index in [0.29, 0.717) is 5.69 Å². The van der Waals surface area contributed by atoms with Crippen LogP contribution in [0.15, 0.2) is 39.9 Å². The maximum absolute atomic E-state index is 13.9. The highest BCUT2D eigenvalue weighted by molar-refractivity contribution is 9.10. The number of nitrogens with zero attached hydrogens (tertiary/aromatic N) is 3. The Hall–Kier alpha value is -1.36. The molecular formula is C12H11BrFN3. The molecule has 0 bridgehead atoms. The van der Waals surface area contributed by atoms with E-state index in [1.54, 1.807) is 11.0 Å². The van der Waals surface area contributed by atoms with E-state index in [1.807, 2.05) is 6.07 Å². The van der Waals surface area contributed by atoms with Gasteiger partial charge in [-0.15, -0.1) is 0 Å². The Kier molecular flexibility index (Phi) is 2.43. The topological polar surface area (TPSA) is 18.8 Å². The maximum Gasteiger partial charge on any atom is 0.206 e. The smallest absolute Gasteiger partial charge is 0.206 e. The minimum Gasteiger partial charge on any atom is -0.335 e. The second kappa shape index (κ2) is 3.84. The number of aliphatic imine (C=N–C) groups is 1. The normalized spacial score (nSPS) is 18.7. The van der Waals surface area contributed by atoms with E-state index >= 15 is 0 Å². The van der Waals surface area contributed by atoms with Crippen LogP contribution in [-0.2, 0) is 0 Å². The van der Waals surface area contributed by atoms with Crippen LogP contribution in [0.25, 0.3) is 0 Å². The number of halogens is 2. The van der Waals surface area contributed by atoms with Crippen molar-refractivity contribution < 1.29 is 4.39 Å². The molecule has 0 atom stereocenters. The summed E-state index contributed by atoms with van der Waals surface area (Å²) in [5.74, 6) is 0.540. The lowest BCUT2D eigenvalue weighted by atomic mass is 10.2. The van der Waals surface area contributed by atoms with Crippen LogP contribution in [-0.4, -0.2) is 30.5 Å². The van der Waals surface area contributed by atoms with Crippen LogP contribution in [0.2, 0.25) is 0 Å². The minimum atomic E-state index is -0.267. The summed E-state index contributed by atoms with van der Waals surface area (Å²) in [6.07, 6.45) is 0. The SMILES string of the molecule is C=C1CN2CCN=C2N1c1c(F)cccc1Br. The van der Waals surface area contributed by atoms with E-state index in [4.69, 9.17) is 0 Å². The summed E-state index contributed by atoms with van der Waals surface area (Å²) in [5, 5.41) is 0. The average Bonchev–Trinajstić information content (AvgIpc) is 2.81. The van der Waals surface area contributed by atoms with Gasteiger partial charge in [-0.2, -0.15) is 0 Å². The van der Waals surface area contributed by atoms with Crippen LogP contribution < -0.4 is 4.90 Å². The molecule has 2 aliphatic rings. The molecule has 2 heterocycles. The number of benzene rings is 1. The molecule has 3 rings (SSSR count). The Bertz CT molecular complexity index is 506. The first kappa shape index (κ1) is 10.8. The highest BCUT2D eigenvalue weighted by atomic mass is 79.9. The zero-order valence-electron chi connectivity index (χ0n) is 9.16. The van der Waals surface area contributed by atoms with E-state index in [9.17, 15) is 4.39 Å². The molecule has 3 nitrogen and oxygen atoms in total. The molecular weight excluding hydrogens is 285 g/mol. The zero-order valence-corrected chi connectivity index (χ0v) is 10.7. The van der Waals surface area contributed by atoms with Gasteiger partial charge in [0.05, 0.1) is 18.8 Å². The van der Waals surface area contributed by atoms with Crippen molar-refractivity contribution in [2.45, 2.75) is 0 Å². The molecule has 0 aromatic heterocycles. The summed E-state index contributed by atoms with van der Waals surface area (Å²) in [6, 6.07) is 4.95. The first-order valence-corrected chi connectivity index (χ1v) is 6.19. The van der Waals surface area contributed by atoms with Crippen LogP contribution in [0, 0.1) is 5.82 Å². The Morgan fingerprint density at radius 2 is 2.24 bits per heavy atom. The molecule has 0 unspecified atom stereocenters. The van der Waals surface area contributed by atoms with Crippen molar-refractivity contribution >= 4 is 27.6 Å². The Morgan fingerprint density at radius 1 is 1.41 bits per heavy atom. The monoisotopic (exact) mass is 295 g/mol.